The highest BCUT2D eigenvalue weighted by molar-refractivity contribution is 7.89. The molecule has 0 radical (unpaired) electrons. The fraction of sp³-hybridized carbons (Fsp3) is 0.500. The molecule has 1 aliphatic rings. The van der Waals surface area contributed by atoms with Crippen LogP contribution in [0.1, 0.15) is 39.8 Å². The Morgan fingerprint density at radius 3 is 2.07 bits per heavy atom. The van der Waals surface area contributed by atoms with E-state index in [1.54, 1.807) is 23.4 Å². The van der Waals surface area contributed by atoms with Crippen LogP contribution in [0.5, 0.6) is 0 Å². The summed E-state index contributed by atoms with van der Waals surface area (Å²) in [7, 11) is -3.63. The van der Waals surface area contributed by atoms with E-state index in [1.165, 1.54) is 4.31 Å². The van der Waals surface area contributed by atoms with E-state index in [0.717, 1.165) is 11.1 Å². The van der Waals surface area contributed by atoms with Crippen LogP contribution in [0.4, 0.5) is 0 Å². The number of hydrogen-bond acceptors (Lipinski definition) is 4. The SMILES string of the molecule is CCn1nc(C)c(S(=O)(=O)N2CCN(C(=O)c3cc(C)cc(C)c3)CC2)c1C. The van der Waals surface area contributed by atoms with Gasteiger partial charge in [0.15, 0.2) is 0 Å². The lowest BCUT2D eigenvalue weighted by Gasteiger charge is -2.34. The second kappa shape index (κ2) is 7.67. The first kappa shape index (κ1) is 20.5. The zero-order valence-electron chi connectivity index (χ0n) is 17.2. The van der Waals surface area contributed by atoms with Gasteiger partial charge in [-0.25, -0.2) is 8.42 Å². The molecule has 0 saturated carbocycles. The van der Waals surface area contributed by atoms with E-state index >= 15 is 0 Å². The minimum absolute atomic E-state index is 0.0463. The summed E-state index contributed by atoms with van der Waals surface area (Å²) in [6.45, 7) is 11.3. The molecule has 1 fully saturated rings. The number of nitrogens with zero attached hydrogens (tertiary/aromatic N) is 4. The minimum Gasteiger partial charge on any atom is -0.336 e. The first-order valence-corrected chi connectivity index (χ1v) is 11.0. The molecule has 28 heavy (non-hydrogen) atoms. The third-order valence-electron chi connectivity index (χ3n) is 5.21. The predicted octanol–water partition coefficient (Wildman–Crippen LogP) is 2.28. The van der Waals surface area contributed by atoms with E-state index in [-0.39, 0.29) is 19.0 Å². The summed E-state index contributed by atoms with van der Waals surface area (Å²) in [6, 6.07) is 5.79. The monoisotopic (exact) mass is 404 g/mol. The van der Waals surface area contributed by atoms with E-state index in [2.05, 4.69) is 5.10 Å². The average molecular weight is 405 g/mol. The van der Waals surface area contributed by atoms with Crippen LogP contribution in [0.3, 0.4) is 0 Å². The van der Waals surface area contributed by atoms with Gasteiger partial charge >= 0.3 is 0 Å². The van der Waals surface area contributed by atoms with Crippen molar-refractivity contribution < 1.29 is 13.2 Å². The number of hydrogen-bond donors (Lipinski definition) is 0. The Morgan fingerprint density at radius 2 is 1.57 bits per heavy atom. The van der Waals surface area contributed by atoms with Gasteiger partial charge in [0.25, 0.3) is 5.91 Å². The number of sulfonamides is 1. The highest BCUT2D eigenvalue weighted by Gasteiger charge is 2.34. The van der Waals surface area contributed by atoms with Gasteiger partial charge in [0.1, 0.15) is 4.90 Å². The van der Waals surface area contributed by atoms with Gasteiger partial charge in [-0.3, -0.25) is 9.48 Å². The molecular formula is C20H28N4O3S. The number of aryl methyl sites for hydroxylation is 4. The number of aromatic nitrogens is 2. The fourth-order valence-electron chi connectivity index (χ4n) is 3.90. The van der Waals surface area contributed by atoms with Gasteiger partial charge in [-0.05, 0) is 46.8 Å². The lowest BCUT2D eigenvalue weighted by Crippen LogP contribution is -2.50. The molecule has 0 spiro atoms. The van der Waals surface area contributed by atoms with Crippen molar-refractivity contribution in [3.05, 3.63) is 46.3 Å². The van der Waals surface area contributed by atoms with Gasteiger partial charge in [-0.2, -0.15) is 9.40 Å². The maximum absolute atomic E-state index is 13.2. The second-order valence-corrected chi connectivity index (χ2v) is 9.26. The van der Waals surface area contributed by atoms with Crippen LogP contribution in [0.2, 0.25) is 0 Å². The summed E-state index contributed by atoms with van der Waals surface area (Å²) in [5.41, 5.74) is 3.93. The second-order valence-electron chi connectivity index (χ2n) is 7.39. The van der Waals surface area contributed by atoms with Crippen molar-refractivity contribution in [1.82, 2.24) is 19.0 Å². The molecule has 0 N–H and O–H groups in total. The van der Waals surface area contributed by atoms with Gasteiger partial charge in [-0.15, -0.1) is 0 Å². The number of piperazine rings is 1. The zero-order valence-corrected chi connectivity index (χ0v) is 18.0. The number of rotatable bonds is 4. The van der Waals surface area contributed by atoms with Crippen LogP contribution in [0.15, 0.2) is 23.1 Å². The Labute approximate surface area is 167 Å². The largest absolute Gasteiger partial charge is 0.336 e. The average Bonchev–Trinajstić information content (AvgIpc) is 2.94. The summed E-state index contributed by atoms with van der Waals surface area (Å²) >= 11 is 0. The summed E-state index contributed by atoms with van der Waals surface area (Å²) in [4.78, 5) is 14.9. The van der Waals surface area contributed by atoms with E-state index in [4.69, 9.17) is 0 Å². The number of amides is 1. The number of carbonyl (C=O) groups is 1. The Hall–Kier alpha value is -2.19. The van der Waals surface area contributed by atoms with E-state index in [9.17, 15) is 13.2 Å². The lowest BCUT2D eigenvalue weighted by atomic mass is 10.1. The summed E-state index contributed by atoms with van der Waals surface area (Å²) < 4.78 is 29.5. The smallest absolute Gasteiger partial charge is 0.253 e. The van der Waals surface area contributed by atoms with Gasteiger partial charge in [0.2, 0.25) is 10.0 Å². The van der Waals surface area contributed by atoms with Gasteiger partial charge in [0.05, 0.1) is 11.4 Å². The molecule has 2 heterocycles. The number of benzene rings is 1. The molecule has 0 aliphatic carbocycles. The van der Waals surface area contributed by atoms with Gasteiger partial charge in [0, 0.05) is 38.3 Å². The van der Waals surface area contributed by atoms with Crippen molar-refractivity contribution in [2.75, 3.05) is 26.2 Å². The number of carbonyl (C=O) groups excluding carboxylic acids is 1. The van der Waals surface area contributed by atoms with Crippen LogP contribution in [0.25, 0.3) is 0 Å². The van der Waals surface area contributed by atoms with Gasteiger partial charge < -0.3 is 4.90 Å². The first-order valence-electron chi connectivity index (χ1n) is 9.57. The van der Waals surface area contributed by atoms with Crippen LogP contribution in [-0.2, 0) is 16.6 Å². The Balaban J connectivity index is 1.76. The van der Waals surface area contributed by atoms with E-state index in [0.29, 0.717) is 41.5 Å². The Morgan fingerprint density at radius 1 is 1.00 bits per heavy atom. The molecule has 1 aromatic carbocycles. The molecule has 1 amide bonds. The Bertz CT molecular complexity index is 982. The molecule has 1 saturated heterocycles. The third-order valence-corrected chi connectivity index (χ3v) is 7.36. The zero-order chi connectivity index (χ0) is 20.6. The molecule has 2 aromatic rings. The molecule has 7 nitrogen and oxygen atoms in total. The van der Waals surface area contributed by atoms with Gasteiger partial charge in [-0.1, -0.05) is 17.2 Å². The third kappa shape index (κ3) is 3.71. The molecule has 152 valence electrons. The molecule has 0 unspecified atom stereocenters. The molecule has 8 heteroatoms. The molecular weight excluding hydrogens is 376 g/mol. The van der Waals surface area contributed by atoms with Crippen LogP contribution < -0.4 is 0 Å². The van der Waals surface area contributed by atoms with Crippen molar-refractivity contribution >= 4 is 15.9 Å². The van der Waals surface area contributed by atoms with E-state index in [1.807, 2.05) is 39.0 Å². The summed E-state index contributed by atoms with van der Waals surface area (Å²) in [6.07, 6.45) is 0. The molecule has 1 aliphatic heterocycles. The molecule has 0 atom stereocenters. The quantitative estimate of drug-likeness (QED) is 0.784. The van der Waals surface area contributed by atoms with Crippen LogP contribution >= 0.6 is 0 Å². The highest BCUT2D eigenvalue weighted by atomic mass is 32.2. The molecule has 3 rings (SSSR count). The van der Waals surface area contributed by atoms with Crippen LogP contribution in [0, 0.1) is 27.7 Å². The maximum Gasteiger partial charge on any atom is 0.253 e. The maximum atomic E-state index is 13.2. The molecule has 1 aromatic heterocycles. The van der Waals surface area contributed by atoms with E-state index < -0.39 is 10.0 Å². The van der Waals surface area contributed by atoms with Crippen molar-refractivity contribution in [2.24, 2.45) is 0 Å². The fourth-order valence-corrected chi connectivity index (χ4v) is 5.70. The minimum atomic E-state index is -3.63. The first-order chi connectivity index (χ1) is 13.1. The summed E-state index contributed by atoms with van der Waals surface area (Å²) in [5, 5.41) is 4.34. The standard InChI is InChI=1S/C20H28N4O3S/c1-6-24-17(5)19(16(4)21-24)28(26,27)23-9-7-22(8-10-23)20(25)18-12-14(2)11-15(3)13-18/h11-13H,6-10H2,1-5H3. The van der Waals surface area contributed by atoms with Crippen molar-refractivity contribution in [3.8, 4) is 0 Å². The molecule has 0 bridgehead atoms. The highest BCUT2D eigenvalue weighted by Crippen LogP contribution is 2.25. The predicted molar refractivity (Wildman–Crippen MR) is 108 cm³/mol. The summed E-state index contributed by atoms with van der Waals surface area (Å²) in [5.74, 6) is -0.0463. The Kier molecular flexibility index (Phi) is 5.63. The van der Waals surface area contributed by atoms with Crippen molar-refractivity contribution in [3.63, 3.8) is 0 Å². The topological polar surface area (TPSA) is 75.5 Å². The lowest BCUT2D eigenvalue weighted by molar-refractivity contribution is 0.0697. The van der Waals surface area contributed by atoms with Crippen molar-refractivity contribution in [1.29, 1.82) is 0 Å². The van der Waals surface area contributed by atoms with Crippen molar-refractivity contribution in [2.45, 2.75) is 46.1 Å². The van der Waals surface area contributed by atoms with Crippen LogP contribution in [-0.4, -0.2) is 59.5 Å². The normalized spacial score (nSPS) is 15.8.